The number of carboxylic acids is 1. The molecule has 3 aromatic rings. The largest absolute Gasteiger partial charge is 0.478 e. The van der Waals surface area contributed by atoms with Crippen molar-refractivity contribution in [1.29, 1.82) is 0 Å². The Morgan fingerprint density at radius 2 is 1.93 bits per heavy atom. The van der Waals surface area contributed by atoms with Crippen LogP contribution in [0.2, 0.25) is 0 Å². The van der Waals surface area contributed by atoms with Gasteiger partial charge in [0.2, 0.25) is 5.16 Å². The van der Waals surface area contributed by atoms with Gasteiger partial charge in [-0.1, -0.05) is 0 Å². The Morgan fingerprint density at radius 1 is 1.24 bits per heavy atom. The van der Waals surface area contributed by atoms with Gasteiger partial charge in [-0.2, -0.15) is 0 Å². The van der Waals surface area contributed by atoms with Gasteiger partial charge >= 0.3 is 5.97 Å². The molecule has 0 atom stereocenters. The number of nitro benzene ring substituents is 1. The van der Waals surface area contributed by atoms with Gasteiger partial charge < -0.3 is 5.11 Å². The summed E-state index contributed by atoms with van der Waals surface area (Å²) in [6.07, 6.45) is 0. The van der Waals surface area contributed by atoms with Gasteiger partial charge in [0.1, 0.15) is 0 Å². The number of aryl methyl sites for hydroxylation is 1. The number of aromatic nitrogens is 4. The van der Waals surface area contributed by atoms with Crippen molar-refractivity contribution in [1.82, 2.24) is 20.2 Å². The Morgan fingerprint density at radius 3 is 2.48 bits per heavy atom. The summed E-state index contributed by atoms with van der Waals surface area (Å²) in [7, 11) is -2.58. The van der Waals surface area contributed by atoms with Crippen molar-refractivity contribution >= 4 is 39.1 Å². The molecule has 0 bridgehead atoms. The van der Waals surface area contributed by atoms with Crippen LogP contribution < -0.4 is 4.72 Å². The van der Waals surface area contributed by atoms with Crippen LogP contribution in [-0.4, -0.2) is 44.6 Å². The van der Waals surface area contributed by atoms with Crippen LogP contribution in [0.15, 0.2) is 57.4 Å². The van der Waals surface area contributed by atoms with Gasteiger partial charge in [-0.15, -0.1) is 5.10 Å². The first-order chi connectivity index (χ1) is 13.7. The SMILES string of the molecule is Cn1nnnc1Sc1ccc(S(=O)(=O)Nc2ccc(C(=O)O)cc2)cc1[N+](=O)[O-]. The molecule has 12 nitrogen and oxygen atoms in total. The minimum atomic E-state index is -4.15. The van der Waals surface area contributed by atoms with Gasteiger partial charge in [0.05, 0.1) is 20.3 Å². The lowest BCUT2D eigenvalue weighted by Gasteiger charge is -2.09. The molecule has 1 heterocycles. The number of anilines is 1. The van der Waals surface area contributed by atoms with E-state index in [1.54, 1.807) is 7.05 Å². The summed E-state index contributed by atoms with van der Waals surface area (Å²) in [4.78, 5) is 21.4. The highest BCUT2D eigenvalue weighted by atomic mass is 32.2. The minimum absolute atomic E-state index is 0.0109. The maximum atomic E-state index is 12.6. The molecule has 0 spiro atoms. The molecular weight excluding hydrogens is 424 g/mol. The van der Waals surface area contributed by atoms with E-state index < -0.39 is 26.6 Å². The van der Waals surface area contributed by atoms with Gasteiger partial charge in [0.25, 0.3) is 15.7 Å². The third kappa shape index (κ3) is 4.49. The Balaban J connectivity index is 1.91. The first kappa shape index (κ1) is 20.2. The number of rotatable bonds is 7. The zero-order valence-electron chi connectivity index (χ0n) is 14.6. The van der Waals surface area contributed by atoms with Crippen molar-refractivity contribution in [2.45, 2.75) is 14.9 Å². The van der Waals surface area contributed by atoms with E-state index in [1.807, 2.05) is 0 Å². The van der Waals surface area contributed by atoms with Crippen LogP contribution in [0.5, 0.6) is 0 Å². The number of tetrazole rings is 1. The van der Waals surface area contributed by atoms with Gasteiger partial charge in [-0.3, -0.25) is 14.8 Å². The Hall–Kier alpha value is -3.52. The van der Waals surface area contributed by atoms with Crippen LogP contribution in [0.4, 0.5) is 11.4 Å². The van der Waals surface area contributed by atoms with E-state index >= 15 is 0 Å². The summed E-state index contributed by atoms with van der Waals surface area (Å²) in [6.45, 7) is 0. The fraction of sp³-hybridized carbons (Fsp3) is 0.0667. The number of hydrogen-bond donors (Lipinski definition) is 2. The van der Waals surface area contributed by atoms with Crippen molar-refractivity contribution in [3.63, 3.8) is 0 Å². The molecule has 0 saturated carbocycles. The topological polar surface area (TPSA) is 170 Å². The molecule has 0 amide bonds. The maximum Gasteiger partial charge on any atom is 0.335 e. The van der Waals surface area contributed by atoms with Gasteiger partial charge in [-0.05, 0) is 58.6 Å². The highest BCUT2D eigenvalue weighted by Crippen LogP contribution is 2.35. The summed E-state index contributed by atoms with van der Waals surface area (Å²) < 4.78 is 28.7. The first-order valence-corrected chi connectivity index (χ1v) is 10.0. The highest BCUT2D eigenvalue weighted by Gasteiger charge is 2.23. The second kappa shape index (κ2) is 7.84. The number of carboxylic acid groups (broad SMARTS) is 1. The lowest BCUT2D eigenvalue weighted by molar-refractivity contribution is -0.388. The number of sulfonamides is 1. The smallest absolute Gasteiger partial charge is 0.335 e. The second-order valence-electron chi connectivity index (χ2n) is 5.56. The summed E-state index contributed by atoms with van der Waals surface area (Å²) in [6, 6.07) is 8.46. The molecule has 1 aromatic heterocycles. The minimum Gasteiger partial charge on any atom is -0.478 e. The molecule has 150 valence electrons. The van der Waals surface area contributed by atoms with Crippen LogP contribution in [-0.2, 0) is 17.1 Å². The fourth-order valence-electron chi connectivity index (χ4n) is 2.19. The van der Waals surface area contributed by atoms with Crippen LogP contribution in [0.1, 0.15) is 10.4 Å². The predicted octanol–water partition coefficient (Wildman–Crippen LogP) is 1.77. The molecule has 0 saturated heterocycles. The molecule has 3 rings (SSSR count). The summed E-state index contributed by atoms with van der Waals surface area (Å²) in [5.74, 6) is -1.15. The number of carbonyl (C=O) groups is 1. The third-order valence-corrected chi connectivity index (χ3v) is 6.08. The van der Waals surface area contributed by atoms with E-state index in [1.165, 1.54) is 41.1 Å². The lowest BCUT2D eigenvalue weighted by Crippen LogP contribution is -2.13. The van der Waals surface area contributed by atoms with E-state index in [0.29, 0.717) is 5.16 Å². The maximum absolute atomic E-state index is 12.6. The normalized spacial score (nSPS) is 11.2. The van der Waals surface area contributed by atoms with E-state index in [4.69, 9.17) is 5.11 Å². The summed E-state index contributed by atoms with van der Waals surface area (Å²) in [5, 5.41) is 31.4. The van der Waals surface area contributed by atoms with Crippen molar-refractivity contribution in [2.75, 3.05) is 4.72 Å². The molecule has 14 heteroatoms. The third-order valence-electron chi connectivity index (χ3n) is 3.60. The zero-order chi connectivity index (χ0) is 21.2. The predicted molar refractivity (Wildman–Crippen MR) is 100 cm³/mol. The second-order valence-corrected chi connectivity index (χ2v) is 8.25. The quantitative estimate of drug-likeness (QED) is 0.411. The Labute approximate surface area is 167 Å². The van der Waals surface area contributed by atoms with E-state index in [-0.39, 0.29) is 21.0 Å². The monoisotopic (exact) mass is 436 g/mol. The first-order valence-electron chi connectivity index (χ1n) is 7.72. The van der Waals surface area contributed by atoms with E-state index in [0.717, 1.165) is 17.8 Å². The molecule has 0 aliphatic rings. The number of nitrogens with one attached hydrogen (secondary N) is 1. The van der Waals surface area contributed by atoms with Crippen molar-refractivity contribution < 1.29 is 23.2 Å². The molecule has 0 fully saturated rings. The van der Waals surface area contributed by atoms with Crippen molar-refractivity contribution in [2.24, 2.45) is 7.05 Å². The van der Waals surface area contributed by atoms with Gasteiger partial charge in [0.15, 0.2) is 0 Å². The van der Waals surface area contributed by atoms with E-state index in [9.17, 15) is 23.3 Å². The number of nitro groups is 1. The van der Waals surface area contributed by atoms with Gasteiger partial charge in [0, 0.05) is 18.8 Å². The molecule has 0 aliphatic heterocycles. The molecule has 0 unspecified atom stereocenters. The molecule has 0 aliphatic carbocycles. The highest BCUT2D eigenvalue weighted by molar-refractivity contribution is 7.99. The number of nitrogens with zero attached hydrogens (tertiary/aromatic N) is 5. The van der Waals surface area contributed by atoms with Crippen molar-refractivity contribution in [3.8, 4) is 0 Å². The van der Waals surface area contributed by atoms with Crippen LogP contribution in [0, 0.1) is 10.1 Å². The average molecular weight is 436 g/mol. The summed E-state index contributed by atoms with van der Waals surface area (Å²) in [5.41, 5.74) is -0.327. The standard InChI is InChI=1S/C15H12N6O6S2/c1-20-15(16-18-19-20)28-13-7-6-11(8-12(13)21(24)25)29(26,27)17-10-4-2-9(3-5-10)14(22)23/h2-8,17H,1H3,(H,22,23). The fourth-order valence-corrected chi connectivity index (χ4v) is 4.09. The molecular formula is C15H12N6O6S2. The number of benzene rings is 2. The van der Waals surface area contributed by atoms with Crippen LogP contribution >= 0.6 is 11.8 Å². The Kier molecular flexibility index (Phi) is 5.47. The van der Waals surface area contributed by atoms with Gasteiger partial charge in [-0.25, -0.2) is 17.9 Å². The lowest BCUT2D eigenvalue weighted by atomic mass is 10.2. The average Bonchev–Trinajstić information content (AvgIpc) is 3.06. The number of aromatic carboxylic acids is 1. The molecule has 0 radical (unpaired) electrons. The summed E-state index contributed by atoms with van der Waals surface area (Å²) >= 11 is 0.918. The van der Waals surface area contributed by atoms with Crippen LogP contribution in [0.3, 0.4) is 0 Å². The molecule has 29 heavy (non-hydrogen) atoms. The molecule has 2 N–H and O–H groups in total. The molecule has 2 aromatic carbocycles. The van der Waals surface area contributed by atoms with Crippen molar-refractivity contribution in [3.05, 3.63) is 58.1 Å². The Bertz CT molecular complexity index is 1190. The zero-order valence-corrected chi connectivity index (χ0v) is 16.2. The number of hydrogen-bond acceptors (Lipinski definition) is 9. The van der Waals surface area contributed by atoms with E-state index in [2.05, 4.69) is 20.2 Å². The van der Waals surface area contributed by atoms with Crippen LogP contribution in [0.25, 0.3) is 0 Å².